The lowest BCUT2D eigenvalue weighted by Gasteiger charge is -2.27. The number of ether oxygens (including phenoxy) is 1. The van der Waals surface area contributed by atoms with Gasteiger partial charge in [0.25, 0.3) is 5.91 Å². The van der Waals surface area contributed by atoms with E-state index in [2.05, 4.69) is 31.1 Å². The summed E-state index contributed by atoms with van der Waals surface area (Å²) in [4.78, 5) is 17.3. The number of benzene rings is 1. The second-order valence-corrected chi connectivity index (χ2v) is 5.98. The number of fused-ring (bicyclic) bond motifs is 1. The number of nitrogens with zero attached hydrogens (tertiary/aromatic N) is 5. The molecule has 0 saturated carbocycles. The van der Waals surface area contributed by atoms with Crippen LogP contribution in [0.2, 0.25) is 0 Å². The Morgan fingerprint density at radius 3 is 2.78 bits per heavy atom. The maximum Gasteiger partial charge on any atom is 0.255 e. The lowest BCUT2D eigenvalue weighted by atomic mass is 9.96. The summed E-state index contributed by atoms with van der Waals surface area (Å²) in [5.74, 6) is 0.941. The second-order valence-electron chi connectivity index (χ2n) is 5.98. The molecular formula is C18H17N7O2. The van der Waals surface area contributed by atoms with E-state index in [0.29, 0.717) is 28.7 Å². The molecule has 136 valence electrons. The van der Waals surface area contributed by atoms with Gasteiger partial charge in [0.15, 0.2) is 0 Å². The van der Waals surface area contributed by atoms with E-state index >= 15 is 0 Å². The number of carbonyl (C=O) groups excluding carboxylic acids is 1. The van der Waals surface area contributed by atoms with Gasteiger partial charge in [-0.25, -0.2) is 0 Å². The Morgan fingerprint density at radius 1 is 1.26 bits per heavy atom. The lowest BCUT2D eigenvalue weighted by Crippen LogP contribution is -2.31. The molecule has 27 heavy (non-hydrogen) atoms. The highest BCUT2D eigenvalue weighted by Crippen LogP contribution is 2.34. The van der Waals surface area contributed by atoms with Crippen LogP contribution < -0.4 is 15.4 Å². The molecule has 1 aromatic carbocycles. The van der Waals surface area contributed by atoms with Gasteiger partial charge in [-0.05, 0) is 53.2 Å². The van der Waals surface area contributed by atoms with E-state index in [1.165, 1.54) is 0 Å². The van der Waals surface area contributed by atoms with E-state index in [0.717, 1.165) is 5.56 Å². The number of tetrazole rings is 1. The van der Waals surface area contributed by atoms with Crippen molar-refractivity contribution in [3.8, 4) is 5.75 Å². The quantitative estimate of drug-likeness (QED) is 0.730. The molecule has 0 spiro atoms. The number of amides is 1. The Bertz CT molecular complexity index is 996. The fourth-order valence-corrected chi connectivity index (χ4v) is 3.03. The number of methoxy groups -OCH3 is 1. The Hall–Kier alpha value is -3.75. The number of rotatable bonds is 4. The minimum Gasteiger partial charge on any atom is -0.497 e. The second kappa shape index (κ2) is 6.87. The van der Waals surface area contributed by atoms with Crippen LogP contribution in [0.3, 0.4) is 0 Å². The van der Waals surface area contributed by atoms with E-state index in [4.69, 9.17) is 4.74 Å². The number of nitrogens with one attached hydrogen (secondary N) is 2. The van der Waals surface area contributed by atoms with Crippen molar-refractivity contribution in [3.05, 3.63) is 65.6 Å². The molecule has 1 atom stereocenters. The smallest absolute Gasteiger partial charge is 0.255 e. The lowest BCUT2D eigenvalue weighted by molar-refractivity contribution is -0.113. The Balaban J connectivity index is 1.70. The number of hydrogen-bond donors (Lipinski definition) is 2. The van der Waals surface area contributed by atoms with Gasteiger partial charge >= 0.3 is 0 Å². The molecule has 9 nitrogen and oxygen atoms in total. The molecule has 3 aromatic rings. The zero-order valence-corrected chi connectivity index (χ0v) is 14.7. The van der Waals surface area contributed by atoms with Gasteiger partial charge in [-0.3, -0.25) is 9.78 Å². The van der Waals surface area contributed by atoms with Crippen LogP contribution in [0.4, 0.5) is 11.6 Å². The fraction of sp³-hybridized carbons (Fsp3) is 0.167. The summed E-state index contributed by atoms with van der Waals surface area (Å²) in [7, 11) is 1.59. The van der Waals surface area contributed by atoms with Gasteiger partial charge in [0, 0.05) is 23.8 Å². The maximum atomic E-state index is 13.1. The standard InChI is InChI=1S/C18H17N7O2/c1-11-15(17(26)21-13-5-7-14(27-2)8-6-13)16(12-4-3-9-19-10-12)25-18(20-11)22-23-24-25/h3-10,16H,1-2H3,(H,21,26)(H,20,22,24). The molecule has 1 aliphatic heterocycles. The van der Waals surface area contributed by atoms with Gasteiger partial charge in [-0.1, -0.05) is 11.2 Å². The van der Waals surface area contributed by atoms with E-state index < -0.39 is 6.04 Å². The van der Waals surface area contributed by atoms with Crippen molar-refractivity contribution in [2.75, 3.05) is 17.7 Å². The third kappa shape index (κ3) is 3.10. The minimum absolute atomic E-state index is 0.250. The molecule has 0 saturated heterocycles. The third-order valence-electron chi connectivity index (χ3n) is 4.31. The summed E-state index contributed by atoms with van der Waals surface area (Å²) < 4.78 is 6.72. The SMILES string of the molecule is COc1ccc(NC(=O)C2=C(C)Nc3nnnn3C2c2cccnc2)cc1. The molecule has 1 unspecified atom stereocenters. The molecule has 2 aromatic heterocycles. The van der Waals surface area contributed by atoms with Crippen LogP contribution in [0.1, 0.15) is 18.5 Å². The van der Waals surface area contributed by atoms with Gasteiger partial charge in [0.05, 0.1) is 12.7 Å². The first-order chi connectivity index (χ1) is 13.2. The fourth-order valence-electron chi connectivity index (χ4n) is 3.03. The van der Waals surface area contributed by atoms with Crippen LogP contribution in [-0.2, 0) is 4.79 Å². The highest BCUT2D eigenvalue weighted by molar-refractivity contribution is 6.06. The molecule has 0 fully saturated rings. The molecular weight excluding hydrogens is 346 g/mol. The number of hydrogen-bond acceptors (Lipinski definition) is 7. The number of anilines is 2. The molecule has 0 aliphatic carbocycles. The van der Waals surface area contributed by atoms with Crippen molar-refractivity contribution < 1.29 is 9.53 Å². The monoisotopic (exact) mass is 363 g/mol. The molecule has 1 aliphatic rings. The van der Waals surface area contributed by atoms with Gasteiger partial charge in [-0.2, -0.15) is 4.68 Å². The number of carbonyl (C=O) groups is 1. The predicted octanol–water partition coefficient (Wildman–Crippen LogP) is 2.00. The van der Waals surface area contributed by atoms with Crippen molar-refractivity contribution in [3.63, 3.8) is 0 Å². The van der Waals surface area contributed by atoms with E-state index in [-0.39, 0.29) is 5.91 Å². The van der Waals surface area contributed by atoms with Gasteiger partial charge < -0.3 is 15.4 Å². The molecule has 9 heteroatoms. The largest absolute Gasteiger partial charge is 0.497 e. The first-order valence-corrected chi connectivity index (χ1v) is 8.28. The van der Waals surface area contributed by atoms with Crippen molar-refractivity contribution >= 4 is 17.5 Å². The highest BCUT2D eigenvalue weighted by Gasteiger charge is 2.34. The normalized spacial score (nSPS) is 15.7. The van der Waals surface area contributed by atoms with Crippen LogP contribution in [0, 0.1) is 0 Å². The molecule has 4 rings (SSSR count). The van der Waals surface area contributed by atoms with Crippen molar-refractivity contribution in [1.29, 1.82) is 0 Å². The number of aromatic nitrogens is 5. The number of pyridine rings is 1. The first kappa shape index (κ1) is 16.7. The van der Waals surface area contributed by atoms with Crippen molar-refractivity contribution in [2.45, 2.75) is 13.0 Å². The molecule has 2 N–H and O–H groups in total. The van der Waals surface area contributed by atoms with Crippen LogP contribution >= 0.6 is 0 Å². The average Bonchev–Trinajstić information content (AvgIpc) is 3.16. The maximum absolute atomic E-state index is 13.1. The van der Waals surface area contributed by atoms with E-state index in [9.17, 15) is 4.79 Å². The minimum atomic E-state index is -0.483. The number of allylic oxidation sites excluding steroid dienone is 1. The van der Waals surface area contributed by atoms with Crippen LogP contribution in [0.25, 0.3) is 0 Å². The third-order valence-corrected chi connectivity index (χ3v) is 4.31. The Labute approximate surface area is 155 Å². The van der Waals surface area contributed by atoms with Crippen LogP contribution in [-0.4, -0.2) is 38.2 Å². The zero-order chi connectivity index (χ0) is 18.8. The van der Waals surface area contributed by atoms with Gasteiger partial charge in [0.1, 0.15) is 11.8 Å². The van der Waals surface area contributed by atoms with Crippen molar-refractivity contribution in [1.82, 2.24) is 25.2 Å². The predicted molar refractivity (Wildman–Crippen MR) is 98.1 cm³/mol. The van der Waals surface area contributed by atoms with Crippen molar-refractivity contribution in [2.24, 2.45) is 0 Å². The summed E-state index contributed by atoms with van der Waals surface area (Å²) in [5.41, 5.74) is 2.66. The molecule has 1 amide bonds. The van der Waals surface area contributed by atoms with E-state index in [1.807, 2.05) is 19.1 Å². The summed E-state index contributed by atoms with van der Waals surface area (Å²) >= 11 is 0. The van der Waals surface area contributed by atoms with Gasteiger partial charge in [-0.15, -0.1) is 0 Å². The first-order valence-electron chi connectivity index (χ1n) is 8.28. The Kier molecular flexibility index (Phi) is 4.25. The summed E-state index contributed by atoms with van der Waals surface area (Å²) in [6.07, 6.45) is 3.38. The zero-order valence-electron chi connectivity index (χ0n) is 14.7. The molecule has 3 heterocycles. The molecule has 0 bridgehead atoms. The van der Waals surface area contributed by atoms with Crippen LogP contribution in [0.5, 0.6) is 5.75 Å². The average molecular weight is 363 g/mol. The molecule has 0 radical (unpaired) electrons. The topological polar surface area (TPSA) is 107 Å². The van der Waals surface area contributed by atoms with Gasteiger partial charge in [0.2, 0.25) is 5.95 Å². The summed E-state index contributed by atoms with van der Waals surface area (Å²) in [6, 6.07) is 10.4. The summed E-state index contributed by atoms with van der Waals surface area (Å²) in [5, 5.41) is 17.7. The Morgan fingerprint density at radius 2 is 2.07 bits per heavy atom. The van der Waals surface area contributed by atoms with Crippen LogP contribution in [0.15, 0.2) is 60.1 Å². The summed E-state index contributed by atoms with van der Waals surface area (Å²) in [6.45, 7) is 1.82. The van der Waals surface area contributed by atoms with E-state index in [1.54, 1.807) is 48.5 Å². The highest BCUT2D eigenvalue weighted by atomic mass is 16.5.